The molecule has 0 saturated carbocycles. The van der Waals surface area contributed by atoms with Crippen LogP contribution in [0.5, 0.6) is 0 Å². The average molecular weight is 475 g/mol. The molecule has 1 rings (SSSR count). The summed E-state index contributed by atoms with van der Waals surface area (Å²) in [5, 5.41) is 8.00. The molecule has 0 aliphatic rings. The van der Waals surface area contributed by atoms with Crippen molar-refractivity contribution in [1.29, 1.82) is 0 Å². The number of rotatable bonds is 3. The molecule has 0 fully saturated rings. The molecular weight excluding hydrogens is 448 g/mol. The van der Waals surface area contributed by atoms with Crippen molar-refractivity contribution in [2.24, 2.45) is 5.41 Å². The number of aromatic nitrogens is 3. The molecule has 0 bridgehead atoms. The Labute approximate surface area is 136 Å². The van der Waals surface area contributed by atoms with Crippen LogP contribution >= 0.6 is 0 Å². The predicted octanol–water partition coefficient (Wildman–Crippen LogP) is 3.71. The van der Waals surface area contributed by atoms with Crippen LogP contribution in [0.25, 0.3) is 0 Å². The van der Waals surface area contributed by atoms with Crippen LogP contribution in [0.3, 0.4) is 0 Å². The Kier molecular flexibility index (Phi) is 11.4. The maximum atomic E-state index is 4.02. The standard InChI is InChI=1S/C10H18N3.C4H9.U/c1-5-9-8-13(12-11-9)7-6-10(2,3)4;1-4(2)3;/h8H,1,5-7H2,2-4H3;1-3H3;/q2*-1;+2. The van der Waals surface area contributed by atoms with Gasteiger partial charge in [-0.2, -0.15) is 20.8 Å². The molecule has 4 heteroatoms. The van der Waals surface area contributed by atoms with Gasteiger partial charge >= 0.3 is 31.1 Å². The van der Waals surface area contributed by atoms with Gasteiger partial charge in [-0.05, 0) is 11.8 Å². The Morgan fingerprint density at radius 1 is 1.28 bits per heavy atom. The fourth-order valence-corrected chi connectivity index (χ4v) is 1.01. The van der Waals surface area contributed by atoms with Crippen LogP contribution in [-0.2, 0) is 13.0 Å². The van der Waals surface area contributed by atoms with Gasteiger partial charge in [0.2, 0.25) is 0 Å². The van der Waals surface area contributed by atoms with E-state index in [0.717, 1.165) is 25.1 Å². The largest absolute Gasteiger partial charge is 2.00 e. The molecule has 1 aromatic rings. The molecule has 1 heterocycles. The Bertz CT molecular complexity index is 297. The monoisotopic (exact) mass is 475 g/mol. The second-order valence-electron chi connectivity index (χ2n) is 6.03. The summed E-state index contributed by atoms with van der Waals surface area (Å²) in [7, 11) is 0. The van der Waals surface area contributed by atoms with E-state index in [9.17, 15) is 0 Å². The van der Waals surface area contributed by atoms with Crippen LogP contribution in [-0.4, -0.2) is 15.0 Å². The van der Waals surface area contributed by atoms with Gasteiger partial charge in [0, 0.05) is 12.7 Å². The first-order valence-corrected chi connectivity index (χ1v) is 6.19. The summed E-state index contributed by atoms with van der Waals surface area (Å²) in [4.78, 5) is 0. The predicted molar refractivity (Wildman–Crippen MR) is 73.4 cm³/mol. The SMILES string of the molecule is C[C-](C)C.[CH2-]Cc1cn(CCC(C)(C)C)nn1.[U+2]. The molecule has 0 amide bonds. The summed E-state index contributed by atoms with van der Waals surface area (Å²) < 4.78 is 1.89. The van der Waals surface area contributed by atoms with Crippen molar-refractivity contribution in [3.63, 3.8) is 0 Å². The first-order valence-electron chi connectivity index (χ1n) is 6.19. The maximum Gasteiger partial charge on any atom is 2.00 e. The van der Waals surface area contributed by atoms with Crippen LogP contribution in [0.4, 0.5) is 0 Å². The van der Waals surface area contributed by atoms with E-state index in [4.69, 9.17) is 0 Å². The second-order valence-corrected chi connectivity index (χ2v) is 6.03. The summed E-state index contributed by atoms with van der Waals surface area (Å²) in [6.07, 6.45) is 3.81. The van der Waals surface area contributed by atoms with E-state index in [1.165, 1.54) is 5.92 Å². The van der Waals surface area contributed by atoms with Crippen molar-refractivity contribution in [2.45, 2.75) is 60.9 Å². The van der Waals surface area contributed by atoms with E-state index in [-0.39, 0.29) is 31.1 Å². The van der Waals surface area contributed by atoms with Gasteiger partial charge in [0.25, 0.3) is 0 Å². The Hall–Kier alpha value is 0.192. The fraction of sp³-hybridized carbons (Fsp3) is 0.714. The summed E-state index contributed by atoms with van der Waals surface area (Å²) in [6.45, 7) is 17.6. The zero-order valence-corrected chi connectivity index (χ0v) is 16.9. The van der Waals surface area contributed by atoms with Crippen molar-refractivity contribution in [3.05, 3.63) is 24.7 Å². The Balaban J connectivity index is 0. The van der Waals surface area contributed by atoms with Gasteiger partial charge in [-0.25, -0.2) is 0 Å². The normalized spacial score (nSPS) is 10.7. The minimum atomic E-state index is 0. The van der Waals surface area contributed by atoms with E-state index >= 15 is 0 Å². The molecule has 18 heavy (non-hydrogen) atoms. The fourth-order valence-electron chi connectivity index (χ4n) is 1.01. The molecule has 0 radical (unpaired) electrons. The van der Waals surface area contributed by atoms with Gasteiger partial charge in [0.15, 0.2) is 0 Å². The summed E-state index contributed by atoms with van der Waals surface area (Å²) >= 11 is 0. The van der Waals surface area contributed by atoms with Crippen molar-refractivity contribution in [1.82, 2.24) is 15.0 Å². The third-order valence-electron chi connectivity index (χ3n) is 1.93. The zero-order valence-electron chi connectivity index (χ0n) is 12.7. The molecule has 0 atom stereocenters. The van der Waals surface area contributed by atoms with E-state index in [1.807, 2.05) is 10.9 Å². The van der Waals surface area contributed by atoms with Gasteiger partial charge in [-0.15, -0.1) is 11.5 Å². The quantitative estimate of drug-likeness (QED) is 0.625. The van der Waals surface area contributed by atoms with Crippen LogP contribution in [0, 0.1) is 49.4 Å². The molecule has 102 valence electrons. The molecule has 0 unspecified atom stereocenters. The molecule has 1 aromatic heterocycles. The van der Waals surface area contributed by atoms with Crippen molar-refractivity contribution in [3.8, 4) is 0 Å². The molecule has 0 spiro atoms. The van der Waals surface area contributed by atoms with Gasteiger partial charge < -0.3 is 12.8 Å². The molecule has 0 N–H and O–H groups in total. The van der Waals surface area contributed by atoms with Gasteiger partial charge in [-0.1, -0.05) is 26.0 Å². The van der Waals surface area contributed by atoms with Crippen LogP contribution in [0.15, 0.2) is 6.20 Å². The molecule has 0 aromatic carbocycles. The Morgan fingerprint density at radius 2 is 1.78 bits per heavy atom. The summed E-state index contributed by atoms with van der Waals surface area (Å²) in [5.41, 5.74) is 1.32. The van der Waals surface area contributed by atoms with Gasteiger partial charge in [0.05, 0.1) is 5.69 Å². The Morgan fingerprint density at radius 3 is 2.11 bits per heavy atom. The van der Waals surface area contributed by atoms with E-state index in [0.29, 0.717) is 5.41 Å². The first-order chi connectivity index (χ1) is 7.74. The molecule has 0 aliphatic heterocycles. The summed E-state index contributed by atoms with van der Waals surface area (Å²) in [6, 6.07) is 0. The topological polar surface area (TPSA) is 30.7 Å². The minimum absolute atomic E-state index is 0. The van der Waals surface area contributed by atoms with Gasteiger partial charge in [0.1, 0.15) is 0 Å². The average Bonchev–Trinajstić information content (AvgIpc) is 2.60. The zero-order chi connectivity index (χ0) is 13.5. The van der Waals surface area contributed by atoms with Crippen LogP contribution < -0.4 is 0 Å². The third-order valence-corrected chi connectivity index (χ3v) is 1.93. The van der Waals surface area contributed by atoms with E-state index in [2.05, 4.69) is 58.8 Å². The molecule has 3 nitrogen and oxygen atoms in total. The second kappa shape index (κ2) is 10.0. The number of hydrogen-bond acceptors (Lipinski definition) is 2. The number of aryl methyl sites for hydroxylation is 1. The first kappa shape index (κ1) is 20.5. The smallest absolute Gasteiger partial charge is 0.337 e. The van der Waals surface area contributed by atoms with E-state index < -0.39 is 0 Å². The summed E-state index contributed by atoms with van der Waals surface area (Å²) in [5.74, 6) is 1.42. The molecule has 0 aliphatic carbocycles. The van der Waals surface area contributed by atoms with Crippen molar-refractivity contribution >= 4 is 0 Å². The van der Waals surface area contributed by atoms with E-state index in [1.54, 1.807) is 0 Å². The maximum absolute atomic E-state index is 4.02. The molecular formula is C14H27N3U. The van der Waals surface area contributed by atoms with Crippen LogP contribution in [0.2, 0.25) is 0 Å². The van der Waals surface area contributed by atoms with Crippen molar-refractivity contribution < 1.29 is 31.1 Å². The van der Waals surface area contributed by atoms with Gasteiger partial charge in [-0.3, -0.25) is 4.68 Å². The third kappa shape index (κ3) is 12.6. The van der Waals surface area contributed by atoms with Crippen LogP contribution in [0.1, 0.15) is 53.7 Å². The minimum Gasteiger partial charge on any atom is -0.337 e. The van der Waals surface area contributed by atoms with Crippen molar-refractivity contribution in [2.75, 3.05) is 0 Å². The number of nitrogens with zero attached hydrogens (tertiary/aromatic N) is 3. The number of hydrogen-bond donors (Lipinski definition) is 0. The molecule has 0 saturated heterocycles.